The number of halogens is 1. The molecule has 0 saturated heterocycles. The number of aryl methyl sites for hydroxylation is 3. The van der Waals surface area contributed by atoms with Gasteiger partial charge >= 0.3 is 5.97 Å². The SMILES string of the molecule is COc1cc(Cl)c(C)cc1NC(=O)c1cc(C)c(OCC(=O)O)c(C)c1. The predicted octanol–water partition coefficient (Wildman–Crippen LogP) is 3.99. The van der Waals surface area contributed by atoms with Gasteiger partial charge in [-0.15, -0.1) is 0 Å². The molecule has 0 saturated carbocycles. The molecule has 0 atom stereocenters. The van der Waals surface area contributed by atoms with Crippen molar-refractivity contribution in [2.24, 2.45) is 0 Å². The smallest absolute Gasteiger partial charge is 0.341 e. The Morgan fingerprint density at radius 3 is 2.23 bits per heavy atom. The highest BCUT2D eigenvalue weighted by Gasteiger charge is 2.15. The van der Waals surface area contributed by atoms with Crippen molar-refractivity contribution in [3.63, 3.8) is 0 Å². The van der Waals surface area contributed by atoms with Crippen molar-refractivity contribution in [3.8, 4) is 11.5 Å². The van der Waals surface area contributed by atoms with Crippen LogP contribution in [0.4, 0.5) is 5.69 Å². The fraction of sp³-hybridized carbons (Fsp3) is 0.263. The number of nitrogens with one attached hydrogen (secondary N) is 1. The average Bonchev–Trinajstić information content (AvgIpc) is 2.56. The van der Waals surface area contributed by atoms with E-state index in [2.05, 4.69) is 5.32 Å². The maximum atomic E-state index is 12.6. The molecule has 0 fully saturated rings. The molecule has 26 heavy (non-hydrogen) atoms. The van der Waals surface area contributed by atoms with Crippen LogP contribution in [0.25, 0.3) is 0 Å². The first-order chi connectivity index (χ1) is 12.2. The van der Waals surface area contributed by atoms with Gasteiger partial charge in [-0.05, 0) is 55.7 Å². The number of carbonyl (C=O) groups is 2. The van der Waals surface area contributed by atoms with Crippen LogP contribution in [0, 0.1) is 20.8 Å². The molecule has 0 aliphatic heterocycles. The Morgan fingerprint density at radius 2 is 1.69 bits per heavy atom. The Kier molecular flexibility index (Phi) is 6.10. The van der Waals surface area contributed by atoms with Gasteiger partial charge in [-0.1, -0.05) is 11.6 Å². The van der Waals surface area contributed by atoms with Gasteiger partial charge in [0.2, 0.25) is 0 Å². The number of methoxy groups -OCH3 is 1. The molecule has 2 aromatic carbocycles. The van der Waals surface area contributed by atoms with Gasteiger partial charge < -0.3 is 19.9 Å². The van der Waals surface area contributed by atoms with Gasteiger partial charge in [0.25, 0.3) is 5.91 Å². The molecule has 2 aromatic rings. The number of hydrogen-bond donors (Lipinski definition) is 2. The lowest BCUT2D eigenvalue weighted by Crippen LogP contribution is -2.15. The number of carboxylic acids is 1. The van der Waals surface area contributed by atoms with Crippen molar-refractivity contribution in [2.45, 2.75) is 20.8 Å². The number of rotatable bonds is 6. The molecule has 6 nitrogen and oxygen atoms in total. The Labute approximate surface area is 156 Å². The molecule has 2 rings (SSSR count). The van der Waals surface area contributed by atoms with Gasteiger partial charge in [0.15, 0.2) is 6.61 Å². The second-order valence-electron chi connectivity index (χ2n) is 5.88. The minimum Gasteiger partial charge on any atom is -0.495 e. The zero-order valence-corrected chi connectivity index (χ0v) is 15.7. The molecule has 138 valence electrons. The van der Waals surface area contributed by atoms with Crippen LogP contribution in [-0.2, 0) is 4.79 Å². The number of benzene rings is 2. The molecule has 0 aromatic heterocycles. The molecule has 0 unspecified atom stereocenters. The lowest BCUT2D eigenvalue weighted by Gasteiger charge is -2.15. The van der Waals surface area contributed by atoms with Gasteiger partial charge in [0.05, 0.1) is 12.8 Å². The Hall–Kier alpha value is -2.73. The van der Waals surface area contributed by atoms with E-state index in [1.807, 2.05) is 6.92 Å². The molecule has 7 heteroatoms. The molecular weight excluding hydrogens is 358 g/mol. The Morgan fingerprint density at radius 1 is 1.08 bits per heavy atom. The summed E-state index contributed by atoms with van der Waals surface area (Å²) in [6.45, 7) is 4.91. The number of hydrogen-bond acceptors (Lipinski definition) is 4. The number of amides is 1. The first-order valence-corrected chi connectivity index (χ1v) is 8.22. The zero-order chi connectivity index (χ0) is 19.4. The number of carbonyl (C=O) groups excluding carboxylic acids is 1. The third kappa shape index (κ3) is 4.46. The summed E-state index contributed by atoms with van der Waals surface area (Å²) in [7, 11) is 1.50. The van der Waals surface area contributed by atoms with Crippen LogP contribution < -0.4 is 14.8 Å². The first-order valence-electron chi connectivity index (χ1n) is 7.84. The molecule has 0 bridgehead atoms. The van der Waals surface area contributed by atoms with E-state index < -0.39 is 12.6 Å². The van der Waals surface area contributed by atoms with Crippen LogP contribution in [0.3, 0.4) is 0 Å². The van der Waals surface area contributed by atoms with Gasteiger partial charge in [-0.2, -0.15) is 0 Å². The highest BCUT2D eigenvalue weighted by Crippen LogP contribution is 2.32. The molecule has 0 spiro atoms. The normalized spacial score (nSPS) is 10.3. The van der Waals surface area contributed by atoms with Gasteiger partial charge in [-0.3, -0.25) is 4.79 Å². The summed E-state index contributed by atoms with van der Waals surface area (Å²) in [6, 6.07) is 6.68. The minimum atomic E-state index is -1.06. The monoisotopic (exact) mass is 377 g/mol. The fourth-order valence-corrected chi connectivity index (χ4v) is 2.72. The fourth-order valence-electron chi connectivity index (χ4n) is 2.57. The van der Waals surface area contributed by atoms with Crippen LogP contribution in [0.2, 0.25) is 5.02 Å². The Balaban J connectivity index is 2.28. The summed E-state index contributed by atoms with van der Waals surface area (Å²) in [5, 5.41) is 12.1. The standard InChI is InChI=1S/C19H20ClNO5/c1-10-7-15(16(25-4)8-14(10)20)21-19(24)13-5-11(2)18(12(3)6-13)26-9-17(22)23/h5-8H,9H2,1-4H3,(H,21,24)(H,22,23). The second kappa shape index (κ2) is 8.10. The average molecular weight is 378 g/mol. The van der Waals surface area contributed by atoms with Crippen LogP contribution >= 0.6 is 11.6 Å². The molecule has 2 N–H and O–H groups in total. The molecular formula is C19H20ClNO5. The molecule has 0 heterocycles. The van der Waals surface area contributed by atoms with Crippen LogP contribution in [-0.4, -0.2) is 30.7 Å². The first kappa shape index (κ1) is 19.6. The van der Waals surface area contributed by atoms with Gasteiger partial charge in [-0.25, -0.2) is 4.79 Å². The lowest BCUT2D eigenvalue weighted by atomic mass is 10.0. The summed E-state index contributed by atoms with van der Waals surface area (Å²) in [5.74, 6) is -0.454. The van der Waals surface area contributed by atoms with Gasteiger partial charge in [0.1, 0.15) is 11.5 Å². The number of anilines is 1. The van der Waals surface area contributed by atoms with Crippen LogP contribution in [0.5, 0.6) is 11.5 Å². The number of ether oxygens (including phenoxy) is 2. The van der Waals surface area contributed by atoms with Crippen molar-refractivity contribution in [2.75, 3.05) is 19.0 Å². The molecule has 1 amide bonds. The quantitative estimate of drug-likeness (QED) is 0.795. The maximum absolute atomic E-state index is 12.6. The lowest BCUT2D eigenvalue weighted by molar-refractivity contribution is -0.139. The number of carboxylic acid groups (broad SMARTS) is 1. The van der Waals surface area contributed by atoms with Crippen LogP contribution in [0.1, 0.15) is 27.0 Å². The third-order valence-electron chi connectivity index (χ3n) is 3.79. The topological polar surface area (TPSA) is 84.9 Å². The van der Waals surface area contributed by atoms with E-state index >= 15 is 0 Å². The second-order valence-corrected chi connectivity index (χ2v) is 6.28. The van der Waals surface area contributed by atoms with Crippen molar-refractivity contribution >= 4 is 29.2 Å². The van der Waals surface area contributed by atoms with E-state index in [1.165, 1.54) is 7.11 Å². The summed E-state index contributed by atoms with van der Waals surface area (Å²) in [4.78, 5) is 23.3. The van der Waals surface area contributed by atoms with Crippen molar-refractivity contribution in [1.82, 2.24) is 0 Å². The third-order valence-corrected chi connectivity index (χ3v) is 4.20. The summed E-state index contributed by atoms with van der Waals surface area (Å²) in [6.07, 6.45) is 0. The predicted molar refractivity (Wildman–Crippen MR) is 99.7 cm³/mol. The van der Waals surface area contributed by atoms with Crippen LogP contribution in [0.15, 0.2) is 24.3 Å². The van der Waals surface area contributed by atoms with E-state index in [9.17, 15) is 9.59 Å². The van der Waals surface area contributed by atoms with E-state index in [0.29, 0.717) is 38.9 Å². The molecule has 0 aliphatic rings. The minimum absolute atomic E-state index is 0.319. The largest absolute Gasteiger partial charge is 0.495 e. The van der Waals surface area contributed by atoms with Crippen molar-refractivity contribution < 1.29 is 24.2 Å². The zero-order valence-electron chi connectivity index (χ0n) is 15.0. The summed E-state index contributed by atoms with van der Waals surface area (Å²) < 4.78 is 10.5. The van der Waals surface area contributed by atoms with Gasteiger partial charge in [0, 0.05) is 16.7 Å². The van der Waals surface area contributed by atoms with E-state index in [0.717, 1.165) is 5.56 Å². The molecule has 0 aliphatic carbocycles. The highest BCUT2D eigenvalue weighted by molar-refractivity contribution is 6.31. The van der Waals surface area contributed by atoms with E-state index in [-0.39, 0.29) is 5.91 Å². The van der Waals surface area contributed by atoms with Crippen molar-refractivity contribution in [1.29, 1.82) is 0 Å². The Bertz CT molecular complexity index is 840. The van der Waals surface area contributed by atoms with Crippen molar-refractivity contribution in [3.05, 3.63) is 51.5 Å². The summed E-state index contributed by atoms with van der Waals surface area (Å²) in [5.41, 5.74) is 3.11. The molecule has 0 radical (unpaired) electrons. The maximum Gasteiger partial charge on any atom is 0.341 e. The van der Waals surface area contributed by atoms with E-state index in [4.69, 9.17) is 26.2 Å². The highest BCUT2D eigenvalue weighted by atomic mass is 35.5. The number of aliphatic carboxylic acids is 1. The summed E-state index contributed by atoms with van der Waals surface area (Å²) >= 11 is 6.08. The van der Waals surface area contributed by atoms with E-state index in [1.54, 1.807) is 38.1 Å².